The lowest BCUT2D eigenvalue weighted by molar-refractivity contribution is -0.129. The van der Waals surface area contributed by atoms with Crippen molar-refractivity contribution in [2.75, 3.05) is 0 Å². The molecule has 2 aliphatic rings. The van der Waals surface area contributed by atoms with E-state index in [4.69, 9.17) is 17.3 Å². The summed E-state index contributed by atoms with van der Waals surface area (Å²) < 4.78 is 0. The average Bonchev–Trinajstić information content (AvgIpc) is 2.57. The normalized spacial score (nSPS) is 26.2. The number of halogens is 2. The van der Waals surface area contributed by atoms with Crippen LogP contribution in [0.25, 0.3) is 0 Å². The zero-order chi connectivity index (χ0) is 16.3. The molecule has 0 unspecified atom stereocenters. The summed E-state index contributed by atoms with van der Waals surface area (Å²) in [4.78, 5) is 13.2. The number of amides is 1. The minimum absolute atomic E-state index is 0. The van der Waals surface area contributed by atoms with E-state index in [1.807, 2.05) is 18.2 Å². The molecule has 2 saturated carbocycles. The molecule has 2 aliphatic carbocycles. The molecule has 0 bridgehead atoms. The minimum atomic E-state index is -0.400. The van der Waals surface area contributed by atoms with Crippen LogP contribution in [0.1, 0.15) is 63.4 Å². The lowest BCUT2D eigenvalue weighted by Gasteiger charge is -2.38. The zero-order valence-electron chi connectivity index (χ0n) is 14.1. The van der Waals surface area contributed by atoms with Crippen molar-refractivity contribution in [2.45, 2.75) is 75.3 Å². The van der Waals surface area contributed by atoms with E-state index in [0.29, 0.717) is 11.1 Å². The molecule has 3 nitrogen and oxygen atoms in total. The Hall–Kier alpha value is -0.770. The van der Waals surface area contributed by atoms with Crippen molar-refractivity contribution in [3.63, 3.8) is 0 Å². The third kappa shape index (κ3) is 4.25. The Morgan fingerprint density at radius 2 is 1.79 bits per heavy atom. The molecular weight excluding hydrogens is 343 g/mol. The molecular formula is C19H28Cl2N2O. The highest BCUT2D eigenvalue weighted by atomic mass is 35.5. The first-order valence-electron chi connectivity index (χ1n) is 8.93. The van der Waals surface area contributed by atoms with Gasteiger partial charge in [0.05, 0.1) is 5.41 Å². The zero-order valence-corrected chi connectivity index (χ0v) is 15.7. The molecule has 3 rings (SSSR count). The van der Waals surface area contributed by atoms with Gasteiger partial charge in [0, 0.05) is 17.1 Å². The number of rotatable bonds is 3. The van der Waals surface area contributed by atoms with Gasteiger partial charge in [0.2, 0.25) is 5.91 Å². The van der Waals surface area contributed by atoms with Crippen molar-refractivity contribution in [1.29, 1.82) is 0 Å². The molecule has 1 aromatic rings. The molecule has 0 saturated heterocycles. The fourth-order valence-electron chi connectivity index (χ4n) is 4.18. The third-order valence-corrected chi connectivity index (χ3v) is 5.86. The van der Waals surface area contributed by atoms with E-state index in [1.165, 1.54) is 6.42 Å². The summed E-state index contributed by atoms with van der Waals surface area (Å²) in [7, 11) is 0. The highest BCUT2D eigenvalue weighted by Gasteiger charge is 2.42. The summed E-state index contributed by atoms with van der Waals surface area (Å²) in [6, 6.07) is 8.46. The van der Waals surface area contributed by atoms with Gasteiger partial charge < -0.3 is 11.1 Å². The summed E-state index contributed by atoms with van der Waals surface area (Å²) in [5, 5.41) is 4.04. The molecule has 2 fully saturated rings. The number of nitrogens with two attached hydrogens (primary N) is 1. The fourth-order valence-corrected chi connectivity index (χ4v) is 4.37. The van der Waals surface area contributed by atoms with Gasteiger partial charge in [0.1, 0.15) is 0 Å². The molecule has 5 heteroatoms. The predicted molar refractivity (Wildman–Crippen MR) is 102 cm³/mol. The van der Waals surface area contributed by atoms with Crippen LogP contribution in [0.15, 0.2) is 24.3 Å². The summed E-state index contributed by atoms with van der Waals surface area (Å²) in [5.41, 5.74) is 6.66. The molecule has 0 spiro atoms. The van der Waals surface area contributed by atoms with Crippen LogP contribution < -0.4 is 11.1 Å². The Kier molecular flexibility index (Phi) is 6.97. The maximum absolute atomic E-state index is 13.2. The first kappa shape index (κ1) is 19.6. The van der Waals surface area contributed by atoms with Gasteiger partial charge in [-0.25, -0.2) is 0 Å². The molecule has 134 valence electrons. The third-order valence-electron chi connectivity index (χ3n) is 5.63. The Morgan fingerprint density at radius 1 is 1.12 bits per heavy atom. The average molecular weight is 371 g/mol. The molecule has 24 heavy (non-hydrogen) atoms. The molecule has 0 aliphatic heterocycles. The Morgan fingerprint density at radius 3 is 2.42 bits per heavy atom. The fraction of sp³-hybridized carbons (Fsp3) is 0.632. The molecule has 0 aromatic heterocycles. The second kappa shape index (κ2) is 8.55. The van der Waals surface area contributed by atoms with Crippen LogP contribution in [0.5, 0.6) is 0 Å². The second-order valence-corrected chi connectivity index (χ2v) is 7.67. The summed E-state index contributed by atoms with van der Waals surface area (Å²) in [6.07, 6.45) is 9.29. The van der Waals surface area contributed by atoms with Gasteiger partial charge in [-0.3, -0.25) is 4.79 Å². The van der Waals surface area contributed by atoms with Crippen molar-refractivity contribution in [2.24, 2.45) is 5.73 Å². The van der Waals surface area contributed by atoms with Crippen LogP contribution in [0.3, 0.4) is 0 Å². The highest BCUT2D eigenvalue weighted by molar-refractivity contribution is 6.30. The first-order chi connectivity index (χ1) is 11.1. The van der Waals surface area contributed by atoms with E-state index in [0.717, 1.165) is 56.9 Å². The number of benzene rings is 1. The van der Waals surface area contributed by atoms with Gasteiger partial charge >= 0.3 is 0 Å². The topological polar surface area (TPSA) is 55.1 Å². The lowest BCUT2D eigenvalue weighted by Crippen LogP contribution is -2.50. The van der Waals surface area contributed by atoms with Crippen LogP contribution >= 0.6 is 24.0 Å². The van der Waals surface area contributed by atoms with Crippen molar-refractivity contribution in [1.82, 2.24) is 5.32 Å². The molecule has 3 N–H and O–H groups in total. The van der Waals surface area contributed by atoms with Crippen molar-refractivity contribution >= 4 is 29.9 Å². The van der Waals surface area contributed by atoms with Crippen molar-refractivity contribution in [3.05, 3.63) is 34.9 Å². The Balaban J connectivity index is 0.00000208. The van der Waals surface area contributed by atoms with Gasteiger partial charge in [0.25, 0.3) is 0 Å². The van der Waals surface area contributed by atoms with E-state index in [-0.39, 0.29) is 24.4 Å². The molecule has 0 radical (unpaired) electrons. The van der Waals surface area contributed by atoms with E-state index in [2.05, 4.69) is 11.4 Å². The molecule has 1 amide bonds. The smallest absolute Gasteiger partial charge is 0.230 e. The van der Waals surface area contributed by atoms with Gasteiger partial charge in [-0.05, 0) is 56.2 Å². The Labute approximate surface area is 156 Å². The molecule has 0 atom stereocenters. The maximum Gasteiger partial charge on any atom is 0.230 e. The standard InChI is InChI=1S/C19H27ClN2O.ClH/c20-15-6-4-5-14(13-15)19(11-2-1-3-12-19)18(23)22-17-9-7-16(21)8-10-17;/h4-6,13,16-17H,1-3,7-12,21H2,(H,22,23);1H. The van der Waals surface area contributed by atoms with Crippen LogP contribution in [-0.2, 0) is 10.2 Å². The number of hydrogen-bond acceptors (Lipinski definition) is 2. The first-order valence-corrected chi connectivity index (χ1v) is 9.30. The van der Waals surface area contributed by atoms with Crippen LogP contribution in [0.2, 0.25) is 5.02 Å². The quantitative estimate of drug-likeness (QED) is 0.830. The molecule has 0 heterocycles. The van der Waals surface area contributed by atoms with Crippen LogP contribution in [0.4, 0.5) is 0 Å². The van der Waals surface area contributed by atoms with Crippen LogP contribution in [0, 0.1) is 0 Å². The van der Waals surface area contributed by atoms with Gasteiger partial charge in [-0.2, -0.15) is 0 Å². The maximum atomic E-state index is 13.2. The van der Waals surface area contributed by atoms with E-state index < -0.39 is 5.41 Å². The number of carbonyl (C=O) groups is 1. The summed E-state index contributed by atoms with van der Waals surface area (Å²) >= 11 is 6.19. The molecule has 1 aromatic carbocycles. The predicted octanol–water partition coefficient (Wildman–Crippen LogP) is 4.35. The number of carbonyl (C=O) groups excluding carboxylic acids is 1. The van der Waals surface area contributed by atoms with E-state index in [9.17, 15) is 4.79 Å². The van der Waals surface area contributed by atoms with E-state index >= 15 is 0 Å². The highest BCUT2D eigenvalue weighted by Crippen LogP contribution is 2.40. The largest absolute Gasteiger partial charge is 0.353 e. The number of nitrogens with one attached hydrogen (secondary N) is 1. The number of hydrogen-bond donors (Lipinski definition) is 2. The van der Waals surface area contributed by atoms with Gasteiger partial charge in [-0.1, -0.05) is 43.0 Å². The van der Waals surface area contributed by atoms with Crippen molar-refractivity contribution in [3.8, 4) is 0 Å². The summed E-state index contributed by atoms with van der Waals surface area (Å²) in [6.45, 7) is 0. The van der Waals surface area contributed by atoms with Gasteiger partial charge in [0.15, 0.2) is 0 Å². The minimum Gasteiger partial charge on any atom is -0.353 e. The lowest BCUT2D eigenvalue weighted by atomic mass is 9.68. The SMILES string of the molecule is Cl.NC1CCC(NC(=O)C2(c3cccc(Cl)c3)CCCCC2)CC1. The van der Waals surface area contributed by atoms with Gasteiger partial charge in [-0.15, -0.1) is 12.4 Å². The monoisotopic (exact) mass is 370 g/mol. The Bertz CT molecular complexity index is 550. The van der Waals surface area contributed by atoms with E-state index in [1.54, 1.807) is 0 Å². The van der Waals surface area contributed by atoms with Crippen molar-refractivity contribution < 1.29 is 4.79 Å². The second-order valence-electron chi connectivity index (χ2n) is 7.24. The summed E-state index contributed by atoms with van der Waals surface area (Å²) in [5.74, 6) is 0.194. The van der Waals surface area contributed by atoms with Crippen LogP contribution in [-0.4, -0.2) is 18.0 Å².